The number of carbonyl (C=O) groups excluding carboxylic acids is 1. The summed E-state index contributed by atoms with van der Waals surface area (Å²) in [7, 11) is 0. The van der Waals surface area contributed by atoms with Gasteiger partial charge < -0.3 is 5.11 Å². The van der Waals surface area contributed by atoms with Gasteiger partial charge in [0.2, 0.25) is 0 Å². The van der Waals surface area contributed by atoms with Crippen molar-refractivity contribution in [3.05, 3.63) is 101 Å². The first-order valence-electron chi connectivity index (χ1n) is 15.8. The molecule has 5 aromatic rings. The van der Waals surface area contributed by atoms with Crippen LogP contribution in [0.1, 0.15) is 92.9 Å². The first kappa shape index (κ1) is 35.7. The molecule has 243 valence electrons. The van der Waals surface area contributed by atoms with Crippen LogP contribution in [0.2, 0.25) is 0 Å². The molecule has 0 amide bonds. The molecule has 46 heavy (non-hydrogen) atoms. The average Bonchev–Trinajstić information content (AvgIpc) is 3.45. The summed E-state index contributed by atoms with van der Waals surface area (Å²) in [4.78, 5) is 18.0. The minimum atomic E-state index is -0.417. The largest absolute Gasteiger partial charge is 0.512 e. The third-order valence-corrected chi connectivity index (χ3v) is 9.85. The number of nitrogens with zero attached hydrogens (tertiary/aromatic N) is 1. The van der Waals surface area contributed by atoms with Gasteiger partial charge in [0.25, 0.3) is 0 Å². The first-order valence-corrected chi connectivity index (χ1v) is 16.6. The van der Waals surface area contributed by atoms with E-state index >= 15 is 0 Å². The molecule has 0 spiro atoms. The number of aliphatic hydroxyl groups excluding tert-OH is 1. The minimum absolute atomic E-state index is 0. The molecule has 1 aliphatic rings. The van der Waals surface area contributed by atoms with Crippen LogP contribution in [0.5, 0.6) is 0 Å². The summed E-state index contributed by atoms with van der Waals surface area (Å²) in [6.07, 6.45) is 1.33. The van der Waals surface area contributed by atoms with E-state index in [1.807, 2.05) is 52.9 Å². The number of aromatic nitrogens is 1. The molecule has 0 unspecified atom stereocenters. The van der Waals surface area contributed by atoms with Gasteiger partial charge in [-0.25, -0.2) is 0 Å². The number of carbonyl (C=O) groups is 1. The third-order valence-electron chi connectivity index (χ3n) is 8.64. The summed E-state index contributed by atoms with van der Waals surface area (Å²) in [5.41, 5.74) is 7.85. The summed E-state index contributed by atoms with van der Waals surface area (Å²) in [6.45, 7) is 22.7. The molecule has 6 rings (SSSR count). The number of benzene rings is 3. The van der Waals surface area contributed by atoms with Gasteiger partial charge in [0.15, 0.2) is 5.78 Å². The maximum Gasteiger partial charge on any atom is 0.164 e. The zero-order chi connectivity index (χ0) is 33.1. The van der Waals surface area contributed by atoms with Crippen molar-refractivity contribution < 1.29 is 30.0 Å². The number of hydrogen-bond acceptors (Lipinski definition) is 4. The second-order valence-corrected chi connectivity index (χ2v) is 16.8. The van der Waals surface area contributed by atoms with Gasteiger partial charge in [0.1, 0.15) is 5.76 Å². The van der Waals surface area contributed by atoms with Gasteiger partial charge in [0, 0.05) is 52.0 Å². The summed E-state index contributed by atoms with van der Waals surface area (Å²) in [5, 5.41) is 12.2. The van der Waals surface area contributed by atoms with Gasteiger partial charge >= 0.3 is 0 Å². The van der Waals surface area contributed by atoms with Gasteiger partial charge in [-0.3, -0.25) is 9.78 Å². The Morgan fingerprint density at radius 3 is 2.07 bits per heavy atom. The zero-order valence-electron chi connectivity index (χ0n) is 29.0. The van der Waals surface area contributed by atoms with Crippen molar-refractivity contribution in [3.63, 3.8) is 0 Å². The Hall–Kier alpha value is -3.11. The summed E-state index contributed by atoms with van der Waals surface area (Å²) >= 11 is 1.91. The summed E-state index contributed by atoms with van der Waals surface area (Å²) in [6, 6.07) is 27.5. The average molecular weight is 809 g/mol. The van der Waals surface area contributed by atoms with Crippen molar-refractivity contribution in [2.45, 2.75) is 87.0 Å². The zero-order valence-corrected chi connectivity index (χ0v) is 32.2. The molecular formula is C41H46IrNO2S-. The van der Waals surface area contributed by atoms with Crippen LogP contribution in [-0.2, 0) is 35.7 Å². The SMILES string of the molecule is CC(C)(C)C(=O)/C=C(\O)C(C)(C)C.CC(C)(C)c1cc(-c2[c-]ccc3c2C(C)(C)c2c-3sc3ccccc23)nc2ccccc12.[Ir]. The molecule has 0 atom stereocenters. The molecule has 0 saturated heterocycles. The molecule has 0 bridgehead atoms. The van der Waals surface area contributed by atoms with Crippen LogP contribution < -0.4 is 0 Å². The Morgan fingerprint density at radius 2 is 1.46 bits per heavy atom. The van der Waals surface area contributed by atoms with Crippen molar-refractivity contribution in [1.82, 2.24) is 4.98 Å². The molecule has 1 radical (unpaired) electrons. The van der Waals surface area contributed by atoms with Gasteiger partial charge in [-0.15, -0.1) is 40.7 Å². The standard InChI is InChI=1S/C30H26NS.C11H20O2.Ir/c1-29(2,3)22-17-24(31-23-15-8-6-11-18(22)23)19-13-10-14-21-26(19)30(4,5)27-20-12-7-9-16-25(20)32-28(21)27;1-10(2,3)8(12)7-9(13)11(4,5)6;/h6-12,14-17H,1-5H3;7,12H,1-6H3;/q-1;;/b;8-7-;. The number of ketones is 1. The fraction of sp³-hybridized carbons (Fsp3) is 0.366. The Labute approximate surface area is 292 Å². The predicted molar refractivity (Wildman–Crippen MR) is 192 cm³/mol. The van der Waals surface area contributed by atoms with Crippen molar-refractivity contribution >= 4 is 38.1 Å². The quantitative estimate of drug-likeness (QED) is 0.110. The number of thiophene rings is 1. The molecule has 0 fully saturated rings. The number of rotatable bonds is 2. The number of hydrogen-bond donors (Lipinski definition) is 1. The number of aliphatic hydroxyl groups is 1. The minimum Gasteiger partial charge on any atom is -0.512 e. The van der Waals surface area contributed by atoms with Crippen molar-refractivity contribution in [3.8, 4) is 21.7 Å². The maximum absolute atomic E-state index is 11.5. The van der Waals surface area contributed by atoms with Crippen LogP contribution >= 0.6 is 11.3 Å². The Balaban J connectivity index is 0.000000295. The third kappa shape index (κ3) is 6.65. The summed E-state index contributed by atoms with van der Waals surface area (Å²) in [5.74, 6) is 0.104. The van der Waals surface area contributed by atoms with Crippen LogP contribution in [0.3, 0.4) is 0 Å². The molecule has 5 heteroatoms. The molecule has 2 heterocycles. The van der Waals surface area contributed by atoms with Crippen LogP contribution in [0.25, 0.3) is 42.7 Å². The summed E-state index contributed by atoms with van der Waals surface area (Å²) < 4.78 is 1.37. The second-order valence-electron chi connectivity index (χ2n) is 15.8. The van der Waals surface area contributed by atoms with E-state index in [1.54, 1.807) is 0 Å². The van der Waals surface area contributed by atoms with E-state index in [1.165, 1.54) is 48.7 Å². The smallest absolute Gasteiger partial charge is 0.164 e. The topological polar surface area (TPSA) is 50.2 Å². The molecule has 1 aliphatic carbocycles. The van der Waals surface area contributed by atoms with E-state index < -0.39 is 5.41 Å². The fourth-order valence-electron chi connectivity index (χ4n) is 6.00. The number of allylic oxidation sites excluding steroid dienone is 2. The number of para-hydroxylation sites is 1. The molecule has 0 saturated carbocycles. The van der Waals surface area contributed by atoms with Crippen molar-refractivity contribution in [2.24, 2.45) is 10.8 Å². The fourth-order valence-corrected chi connectivity index (χ4v) is 7.39. The first-order chi connectivity index (χ1) is 20.8. The molecule has 0 aliphatic heterocycles. The molecule has 1 N–H and O–H groups in total. The van der Waals surface area contributed by atoms with Crippen LogP contribution in [0.15, 0.2) is 78.6 Å². The van der Waals surface area contributed by atoms with Crippen molar-refractivity contribution in [1.29, 1.82) is 0 Å². The Kier molecular flexibility index (Phi) is 9.70. The van der Waals surface area contributed by atoms with E-state index in [0.717, 1.165) is 16.8 Å². The molecule has 3 aromatic carbocycles. The van der Waals surface area contributed by atoms with Crippen LogP contribution in [0, 0.1) is 16.9 Å². The molecule has 2 aromatic heterocycles. The Morgan fingerprint density at radius 1 is 0.848 bits per heavy atom. The van der Waals surface area contributed by atoms with Crippen molar-refractivity contribution in [2.75, 3.05) is 0 Å². The van der Waals surface area contributed by atoms with E-state index in [-0.39, 0.29) is 47.9 Å². The van der Waals surface area contributed by atoms with Crippen LogP contribution in [-0.4, -0.2) is 15.9 Å². The van der Waals surface area contributed by atoms with Gasteiger partial charge in [-0.05, 0) is 45.2 Å². The monoisotopic (exact) mass is 809 g/mol. The predicted octanol–water partition coefficient (Wildman–Crippen LogP) is 11.6. The maximum atomic E-state index is 11.5. The van der Waals surface area contributed by atoms with Gasteiger partial charge in [-0.2, -0.15) is 0 Å². The second kappa shape index (κ2) is 12.5. The normalized spacial score (nSPS) is 14.3. The van der Waals surface area contributed by atoms with E-state index in [4.69, 9.17) is 4.98 Å². The number of pyridine rings is 1. The van der Waals surface area contributed by atoms with E-state index in [9.17, 15) is 9.90 Å². The molecule has 3 nitrogen and oxygen atoms in total. The molecular weight excluding hydrogens is 763 g/mol. The number of fused-ring (bicyclic) bond motifs is 6. The van der Waals surface area contributed by atoms with E-state index in [2.05, 4.69) is 107 Å². The van der Waals surface area contributed by atoms with Crippen LogP contribution in [0.4, 0.5) is 0 Å². The van der Waals surface area contributed by atoms with E-state index in [0.29, 0.717) is 0 Å². The Bertz CT molecular complexity index is 1960. The van der Waals surface area contributed by atoms with Gasteiger partial charge in [-0.1, -0.05) is 124 Å². The van der Waals surface area contributed by atoms with Gasteiger partial charge in [0.05, 0.1) is 5.52 Å².